The summed E-state index contributed by atoms with van der Waals surface area (Å²) in [5, 5.41) is 6.22. The number of nitrogens with one attached hydrogen (secondary N) is 2. The number of fused-ring (bicyclic) bond motifs is 1. The summed E-state index contributed by atoms with van der Waals surface area (Å²) < 4.78 is 0. The molecule has 3 rings (SSSR count). The number of carbonyl (C=O) groups excluding carboxylic acids is 2. The summed E-state index contributed by atoms with van der Waals surface area (Å²) in [6.07, 6.45) is 3.22. The first-order chi connectivity index (χ1) is 7.22. The summed E-state index contributed by atoms with van der Waals surface area (Å²) in [5.74, 6) is 0.0463. The Bertz CT molecular complexity index is 391. The predicted molar refractivity (Wildman–Crippen MR) is 57.0 cm³/mol. The fraction of sp³-hybridized carbons (Fsp3) is 0.600. The number of hydrogen-bond acceptors (Lipinski definition) is 4. The van der Waals surface area contributed by atoms with E-state index >= 15 is 0 Å². The molecule has 1 aliphatic carbocycles. The van der Waals surface area contributed by atoms with Crippen LogP contribution in [-0.2, 0) is 9.59 Å². The number of carbonyl (C=O) groups is 2. The van der Waals surface area contributed by atoms with Gasteiger partial charge >= 0.3 is 0 Å². The van der Waals surface area contributed by atoms with Gasteiger partial charge in [-0.15, -0.1) is 0 Å². The van der Waals surface area contributed by atoms with Crippen LogP contribution in [0.2, 0.25) is 0 Å². The van der Waals surface area contributed by atoms with Gasteiger partial charge in [0.25, 0.3) is 0 Å². The summed E-state index contributed by atoms with van der Waals surface area (Å²) >= 11 is 1.33. The molecule has 1 amide bonds. The van der Waals surface area contributed by atoms with Crippen LogP contribution >= 0.6 is 11.8 Å². The van der Waals surface area contributed by atoms with Crippen LogP contribution in [0.4, 0.5) is 0 Å². The fourth-order valence-corrected chi connectivity index (χ4v) is 3.79. The lowest BCUT2D eigenvalue weighted by Gasteiger charge is -2.32. The second kappa shape index (κ2) is 3.09. The summed E-state index contributed by atoms with van der Waals surface area (Å²) in [7, 11) is 0. The Morgan fingerprint density at radius 3 is 2.93 bits per heavy atom. The third-order valence-corrected chi connectivity index (χ3v) is 4.46. The highest BCUT2D eigenvalue weighted by atomic mass is 32.2. The van der Waals surface area contributed by atoms with Gasteiger partial charge in [-0.2, -0.15) is 0 Å². The molecule has 0 aromatic carbocycles. The molecule has 2 aliphatic heterocycles. The number of amides is 1. The molecule has 0 saturated carbocycles. The lowest BCUT2D eigenvalue weighted by atomic mass is 9.79. The van der Waals surface area contributed by atoms with E-state index in [1.165, 1.54) is 11.8 Å². The van der Waals surface area contributed by atoms with Crippen LogP contribution in [-0.4, -0.2) is 23.2 Å². The summed E-state index contributed by atoms with van der Waals surface area (Å²) in [6.45, 7) is 0.522. The molecule has 1 saturated heterocycles. The number of thioether (sulfide) groups is 1. The van der Waals surface area contributed by atoms with Gasteiger partial charge in [0.2, 0.25) is 5.91 Å². The van der Waals surface area contributed by atoms with Crippen molar-refractivity contribution in [3.8, 4) is 0 Å². The van der Waals surface area contributed by atoms with Crippen molar-refractivity contribution in [1.29, 1.82) is 0 Å². The summed E-state index contributed by atoms with van der Waals surface area (Å²) in [5.41, 5.74) is 0.492. The van der Waals surface area contributed by atoms with Crippen LogP contribution < -0.4 is 10.6 Å². The van der Waals surface area contributed by atoms with Crippen LogP contribution in [0.1, 0.15) is 25.7 Å². The van der Waals surface area contributed by atoms with Crippen LogP contribution in [0.25, 0.3) is 0 Å². The van der Waals surface area contributed by atoms with Crippen molar-refractivity contribution < 1.29 is 9.59 Å². The first-order valence-electron chi connectivity index (χ1n) is 5.19. The fourth-order valence-electron chi connectivity index (χ4n) is 2.69. The minimum Gasteiger partial charge on any atom is -0.342 e. The van der Waals surface area contributed by atoms with Gasteiger partial charge in [0.05, 0.1) is 6.67 Å². The van der Waals surface area contributed by atoms with E-state index < -0.39 is 5.54 Å². The van der Waals surface area contributed by atoms with Gasteiger partial charge in [0.1, 0.15) is 5.54 Å². The van der Waals surface area contributed by atoms with Crippen molar-refractivity contribution in [2.24, 2.45) is 0 Å². The van der Waals surface area contributed by atoms with Crippen molar-refractivity contribution >= 4 is 22.8 Å². The topological polar surface area (TPSA) is 58.2 Å². The molecule has 1 fully saturated rings. The maximum atomic E-state index is 11.9. The van der Waals surface area contributed by atoms with E-state index in [1.54, 1.807) is 0 Å². The van der Waals surface area contributed by atoms with Gasteiger partial charge in [0.15, 0.2) is 5.12 Å². The molecule has 0 bridgehead atoms. The Kier molecular flexibility index (Phi) is 1.94. The van der Waals surface area contributed by atoms with Crippen LogP contribution in [0.5, 0.6) is 0 Å². The van der Waals surface area contributed by atoms with Gasteiger partial charge < -0.3 is 5.32 Å². The second-order valence-corrected chi connectivity index (χ2v) is 5.32. The van der Waals surface area contributed by atoms with Crippen molar-refractivity contribution in [2.75, 3.05) is 6.67 Å². The first kappa shape index (κ1) is 9.42. The Morgan fingerprint density at radius 2 is 2.20 bits per heavy atom. The van der Waals surface area contributed by atoms with E-state index in [2.05, 4.69) is 10.6 Å². The Labute approximate surface area is 91.9 Å². The molecule has 0 radical (unpaired) electrons. The zero-order valence-electron chi connectivity index (χ0n) is 8.26. The quantitative estimate of drug-likeness (QED) is 0.629. The molecule has 4 nitrogen and oxygen atoms in total. The summed E-state index contributed by atoms with van der Waals surface area (Å²) in [4.78, 5) is 24.4. The Balaban J connectivity index is 2.06. The highest BCUT2D eigenvalue weighted by molar-refractivity contribution is 8.17. The Hall–Kier alpha value is -0.810. The molecule has 2 heterocycles. The van der Waals surface area contributed by atoms with Crippen molar-refractivity contribution in [2.45, 2.75) is 31.2 Å². The zero-order chi connectivity index (χ0) is 10.5. The smallest absolute Gasteiger partial charge is 0.245 e. The highest BCUT2D eigenvalue weighted by Crippen LogP contribution is 2.47. The van der Waals surface area contributed by atoms with Crippen LogP contribution in [0, 0.1) is 0 Å². The lowest BCUT2D eigenvalue weighted by Crippen LogP contribution is -2.49. The largest absolute Gasteiger partial charge is 0.342 e. The van der Waals surface area contributed by atoms with E-state index in [-0.39, 0.29) is 11.0 Å². The molecule has 5 heteroatoms. The van der Waals surface area contributed by atoms with Gasteiger partial charge in [-0.1, -0.05) is 11.8 Å². The number of hydrogen-bond donors (Lipinski definition) is 2. The number of rotatable bonds is 0. The third kappa shape index (κ3) is 1.19. The molecule has 1 spiro atoms. The number of allylic oxidation sites excluding steroid dienone is 1. The first-order valence-corrected chi connectivity index (χ1v) is 6.00. The van der Waals surface area contributed by atoms with Gasteiger partial charge in [-0.3, -0.25) is 14.9 Å². The molecule has 3 aliphatic rings. The molecule has 80 valence electrons. The van der Waals surface area contributed by atoms with Gasteiger partial charge in [0, 0.05) is 6.42 Å². The maximum Gasteiger partial charge on any atom is 0.245 e. The molecule has 2 N–H and O–H groups in total. The van der Waals surface area contributed by atoms with Crippen molar-refractivity contribution in [1.82, 2.24) is 10.6 Å². The Morgan fingerprint density at radius 1 is 1.33 bits per heavy atom. The maximum absolute atomic E-state index is 11.9. The van der Waals surface area contributed by atoms with E-state index in [0.717, 1.165) is 29.7 Å². The minimum absolute atomic E-state index is 0.0463. The van der Waals surface area contributed by atoms with Crippen LogP contribution in [0.3, 0.4) is 0 Å². The van der Waals surface area contributed by atoms with Crippen molar-refractivity contribution in [3.63, 3.8) is 0 Å². The molecular formula is C10H12N2O2S. The standard InChI is InChI=1S/C10H12N2O2S/c13-8-4-6-7(15-8)2-1-3-10(6)9(14)11-5-12-10/h12H,1-5H2,(H,11,14). The molecule has 15 heavy (non-hydrogen) atoms. The average molecular weight is 224 g/mol. The summed E-state index contributed by atoms with van der Waals surface area (Å²) in [6, 6.07) is 0. The second-order valence-electron chi connectivity index (χ2n) is 4.17. The highest BCUT2D eigenvalue weighted by Gasteiger charge is 2.50. The molecular weight excluding hydrogens is 212 g/mol. The molecule has 1 atom stereocenters. The molecule has 1 unspecified atom stereocenters. The molecule has 0 aromatic rings. The van der Waals surface area contributed by atoms with E-state index in [9.17, 15) is 9.59 Å². The van der Waals surface area contributed by atoms with Gasteiger partial charge in [-0.05, 0) is 29.7 Å². The zero-order valence-corrected chi connectivity index (χ0v) is 9.08. The van der Waals surface area contributed by atoms with Gasteiger partial charge in [-0.25, -0.2) is 0 Å². The van der Waals surface area contributed by atoms with E-state index in [4.69, 9.17) is 0 Å². The molecule has 0 aromatic heterocycles. The van der Waals surface area contributed by atoms with Crippen molar-refractivity contribution in [3.05, 3.63) is 10.5 Å². The third-order valence-electron chi connectivity index (χ3n) is 3.39. The lowest BCUT2D eigenvalue weighted by molar-refractivity contribution is -0.123. The van der Waals surface area contributed by atoms with E-state index in [1.807, 2.05) is 0 Å². The minimum atomic E-state index is -0.549. The SMILES string of the molecule is O=C1CC2=C(CCCC23NCNC3=O)S1. The monoisotopic (exact) mass is 224 g/mol. The average Bonchev–Trinajstić information content (AvgIpc) is 2.73. The van der Waals surface area contributed by atoms with Crippen LogP contribution in [0.15, 0.2) is 10.5 Å². The van der Waals surface area contributed by atoms with E-state index in [0.29, 0.717) is 13.1 Å². The normalized spacial score (nSPS) is 34.9. The predicted octanol–water partition coefficient (Wildman–Crippen LogP) is 0.504.